The monoisotopic (exact) mass is 372 g/mol. The Labute approximate surface area is 153 Å². The van der Waals surface area contributed by atoms with Gasteiger partial charge in [0, 0.05) is 6.54 Å². The predicted octanol–water partition coefficient (Wildman–Crippen LogP) is 3.78. The van der Waals surface area contributed by atoms with Crippen molar-refractivity contribution in [3.63, 3.8) is 0 Å². The Bertz CT molecular complexity index is 1050. The van der Waals surface area contributed by atoms with Gasteiger partial charge >= 0.3 is 5.97 Å². The summed E-state index contributed by atoms with van der Waals surface area (Å²) in [6, 6.07) is 11.0. The molecule has 0 unspecified atom stereocenters. The maximum atomic E-state index is 13.8. The van der Waals surface area contributed by atoms with Crippen LogP contribution in [0, 0.1) is 5.82 Å². The van der Waals surface area contributed by atoms with Crippen molar-refractivity contribution in [2.45, 2.75) is 20.4 Å². The van der Waals surface area contributed by atoms with Crippen molar-refractivity contribution in [1.29, 1.82) is 0 Å². The van der Waals surface area contributed by atoms with E-state index in [0.717, 1.165) is 10.2 Å². The van der Waals surface area contributed by atoms with Crippen molar-refractivity contribution in [3.05, 3.63) is 64.2 Å². The SMILES string of the molecule is CCOC(=O)c1ccc2c(c1)sc(=NC(=O)c1ccccc1F)n2CC. The second kappa shape index (κ2) is 7.61. The molecule has 0 atom stereocenters. The molecule has 134 valence electrons. The second-order valence-corrected chi connectivity index (χ2v) is 6.44. The van der Waals surface area contributed by atoms with E-state index in [1.54, 1.807) is 31.2 Å². The van der Waals surface area contributed by atoms with Crippen LogP contribution in [0.4, 0.5) is 4.39 Å². The number of carbonyl (C=O) groups excluding carboxylic acids is 2. The van der Waals surface area contributed by atoms with Crippen LogP contribution in [-0.2, 0) is 11.3 Å². The number of thiazole rings is 1. The lowest BCUT2D eigenvalue weighted by Crippen LogP contribution is -2.16. The van der Waals surface area contributed by atoms with Gasteiger partial charge in [-0.3, -0.25) is 4.79 Å². The number of halogens is 1. The fourth-order valence-electron chi connectivity index (χ4n) is 2.59. The van der Waals surface area contributed by atoms with Crippen molar-refractivity contribution in [2.75, 3.05) is 6.61 Å². The van der Waals surface area contributed by atoms with Gasteiger partial charge in [-0.15, -0.1) is 0 Å². The third-order valence-electron chi connectivity index (χ3n) is 3.81. The molecular formula is C19H17FN2O3S. The van der Waals surface area contributed by atoms with E-state index < -0.39 is 17.7 Å². The van der Waals surface area contributed by atoms with E-state index in [0.29, 0.717) is 23.5 Å². The number of benzene rings is 2. The number of fused-ring (bicyclic) bond motifs is 1. The number of rotatable bonds is 4. The molecule has 0 bridgehead atoms. The Hall–Kier alpha value is -2.80. The number of amides is 1. The lowest BCUT2D eigenvalue weighted by Gasteiger charge is -2.03. The van der Waals surface area contributed by atoms with E-state index in [9.17, 15) is 14.0 Å². The van der Waals surface area contributed by atoms with Crippen LogP contribution in [0.3, 0.4) is 0 Å². The smallest absolute Gasteiger partial charge is 0.338 e. The number of ether oxygens (including phenoxy) is 1. The van der Waals surface area contributed by atoms with Gasteiger partial charge in [-0.1, -0.05) is 23.5 Å². The Morgan fingerprint density at radius 3 is 2.65 bits per heavy atom. The summed E-state index contributed by atoms with van der Waals surface area (Å²) in [6.45, 7) is 4.56. The molecule has 2 aromatic carbocycles. The molecule has 3 aromatic rings. The summed E-state index contributed by atoms with van der Waals surface area (Å²) in [7, 11) is 0. The maximum absolute atomic E-state index is 13.8. The fraction of sp³-hybridized carbons (Fsp3) is 0.211. The molecule has 1 aromatic heterocycles. The minimum absolute atomic E-state index is 0.0696. The molecule has 3 rings (SSSR count). The molecule has 0 aliphatic carbocycles. The molecule has 0 saturated carbocycles. The Morgan fingerprint density at radius 1 is 1.19 bits per heavy atom. The highest BCUT2D eigenvalue weighted by atomic mass is 32.1. The molecular weight excluding hydrogens is 355 g/mol. The average Bonchev–Trinajstić information content (AvgIpc) is 2.98. The van der Waals surface area contributed by atoms with Crippen molar-refractivity contribution < 1.29 is 18.7 Å². The molecule has 0 aliphatic rings. The topological polar surface area (TPSA) is 60.7 Å². The van der Waals surface area contributed by atoms with Crippen molar-refractivity contribution >= 4 is 33.4 Å². The maximum Gasteiger partial charge on any atom is 0.338 e. The average molecular weight is 372 g/mol. The molecule has 0 saturated heterocycles. The summed E-state index contributed by atoms with van der Waals surface area (Å²) in [5, 5.41) is 0. The second-order valence-electron chi connectivity index (χ2n) is 5.43. The summed E-state index contributed by atoms with van der Waals surface area (Å²) in [5.74, 6) is -1.63. The van der Waals surface area contributed by atoms with E-state index in [2.05, 4.69) is 4.99 Å². The highest BCUT2D eigenvalue weighted by Gasteiger charge is 2.13. The number of hydrogen-bond donors (Lipinski definition) is 0. The molecule has 0 N–H and O–H groups in total. The number of hydrogen-bond acceptors (Lipinski definition) is 4. The lowest BCUT2D eigenvalue weighted by atomic mass is 10.2. The quantitative estimate of drug-likeness (QED) is 0.655. The number of carbonyl (C=O) groups is 2. The van der Waals surface area contributed by atoms with Crippen LogP contribution in [-0.4, -0.2) is 23.1 Å². The zero-order valence-electron chi connectivity index (χ0n) is 14.4. The third-order valence-corrected chi connectivity index (χ3v) is 4.85. The van der Waals surface area contributed by atoms with Gasteiger partial charge in [-0.25, -0.2) is 9.18 Å². The van der Waals surface area contributed by atoms with Crippen LogP contribution < -0.4 is 4.80 Å². The summed E-state index contributed by atoms with van der Waals surface area (Å²) < 4.78 is 21.5. The van der Waals surface area contributed by atoms with Crippen molar-refractivity contribution in [2.24, 2.45) is 4.99 Å². The first-order chi connectivity index (χ1) is 12.5. The summed E-state index contributed by atoms with van der Waals surface area (Å²) in [6.07, 6.45) is 0. The standard InChI is InChI=1S/C19H17FN2O3S/c1-3-22-15-10-9-12(18(24)25-4-2)11-16(15)26-19(22)21-17(23)13-7-5-6-8-14(13)20/h5-11H,3-4H2,1-2H3. The first-order valence-electron chi connectivity index (χ1n) is 8.19. The largest absolute Gasteiger partial charge is 0.462 e. The third kappa shape index (κ3) is 3.43. The van der Waals surface area contributed by atoms with E-state index in [1.165, 1.54) is 29.5 Å². The molecule has 0 spiro atoms. The number of esters is 1. The van der Waals surface area contributed by atoms with Gasteiger partial charge in [-0.2, -0.15) is 4.99 Å². The van der Waals surface area contributed by atoms with Crippen molar-refractivity contribution in [1.82, 2.24) is 4.57 Å². The lowest BCUT2D eigenvalue weighted by molar-refractivity contribution is 0.0526. The number of aromatic nitrogens is 1. The molecule has 0 radical (unpaired) electrons. The van der Waals surface area contributed by atoms with E-state index in [1.807, 2.05) is 11.5 Å². The van der Waals surface area contributed by atoms with Crippen LogP contribution in [0.15, 0.2) is 47.5 Å². The summed E-state index contributed by atoms with van der Waals surface area (Å²) in [5.41, 5.74) is 1.22. The highest BCUT2D eigenvalue weighted by molar-refractivity contribution is 7.16. The molecule has 5 nitrogen and oxygen atoms in total. The molecule has 1 amide bonds. The van der Waals surface area contributed by atoms with Gasteiger partial charge in [0.25, 0.3) is 5.91 Å². The van der Waals surface area contributed by atoms with Gasteiger partial charge in [-0.05, 0) is 44.2 Å². The summed E-state index contributed by atoms with van der Waals surface area (Å²) >= 11 is 1.27. The van der Waals surface area contributed by atoms with Crippen molar-refractivity contribution in [3.8, 4) is 0 Å². The Morgan fingerprint density at radius 2 is 1.96 bits per heavy atom. The van der Waals surface area contributed by atoms with Crippen LogP contribution >= 0.6 is 11.3 Å². The van der Waals surface area contributed by atoms with Gasteiger partial charge in [0.15, 0.2) is 4.80 Å². The normalized spacial score (nSPS) is 11.7. The highest BCUT2D eigenvalue weighted by Crippen LogP contribution is 2.20. The fourth-order valence-corrected chi connectivity index (χ4v) is 3.72. The first-order valence-corrected chi connectivity index (χ1v) is 9.01. The van der Waals surface area contributed by atoms with E-state index in [4.69, 9.17) is 4.74 Å². The molecule has 26 heavy (non-hydrogen) atoms. The number of aryl methyl sites for hydroxylation is 1. The minimum atomic E-state index is -0.637. The van der Waals surface area contributed by atoms with Gasteiger partial charge < -0.3 is 9.30 Å². The van der Waals surface area contributed by atoms with E-state index in [-0.39, 0.29) is 5.56 Å². The Kier molecular flexibility index (Phi) is 5.27. The van der Waals surface area contributed by atoms with Gasteiger partial charge in [0.1, 0.15) is 5.82 Å². The molecule has 0 aliphatic heterocycles. The summed E-state index contributed by atoms with van der Waals surface area (Å²) in [4.78, 5) is 28.8. The van der Waals surface area contributed by atoms with E-state index >= 15 is 0 Å². The number of nitrogens with zero attached hydrogens (tertiary/aromatic N) is 2. The molecule has 1 heterocycles. The molecule has 0 fully saturated rings. The van der Waals surface area contributed by atoms with Crippen LogP contribution in [0.2, 0.25) is 0 Å². The molecule has 7 heteroatoms. The first kappa shape index (κ1) is 18.0. The van der Waals surface area contributed by atoms with Gasteiger partial charge in [0.05, 0.1) is 28.0 Å². The van der Waals surface area contributed by atoms with Gasteiger partial charge in [0.2, 0.25) is 0 Å². The predicted molar refractivity (Wildman–Crippen MR) is 97.7 cm³/mol. The van der Waals surface area contributed by atoms with Crippen LogP contribution in [0.1, 0.15) is 34.6 Å². The van der Waals surface area contributed by atoms with Crippen LogP contribution in [0.5, 0.6) is 0 Å². The minimum Gasteiger partial charge on any atom is -0.462 e. The van der Waals surface area contributed by atoms with Crippen LogP contribution in [0.25, 0.3) is 10.2 Å². The Balaban J connectivity index is 2.09. The zero-order valence-corrected chi connectivity index (χ0v) is 15.2. The zero-order chi connectivity index (χ0) is 18.7.